The molecule has 1 N–H and O–H groups in total. The standard InChI is InChI=1S/C18H21N3O/c1-15-3-2-4-17(13-15)20-19-14-16-5-7-18(8-6-16)21-9-11-22-12-10-21/h2-8,13-14,20H,9-12H2,1H3/b19-14+. The first kappa shape index (κ1) is 14.6. The molecule has 0 spiro atoms. The molecule has 1 heterocycles. The molecule has 114 valence electrons. The molecular weight excluding hydrogens is 274 g/mol. The number of rotatable bonds is 4. The summed E-state index contributed by atoms with van der Waals surface area (Å²) in [6, 6.07) is 16.6. The molecule has 0 unspecified atom stereocenters. The van der Waals surface area contributed by atoms with E-state index in [-0.39, 0.29) is 0 Å². The largest absolute Gasteiger partial charge is 0.378 e. The van der Waals surface area contributed by atoms with Crippen LogP contribution in [0.5, 0.6) is 0 Å². The van der Waals surface area contributed by atoms with Gasteiger partial charge in [-0.15, -0.1) is 0 Å². The van der Waals surface area contributed by atoms with Crippen molar-refractivity contribution in [1.29, 1.82) is 0 Å². The maximum Gasteiger partial charge on any atom is 0.0642 e. The van der Waals surface area contributed by atoms with Crippen LogP contribution in [0, 0.1) is 6.92 Å². The molecule has 1 aliphatic heterocycles. The van der Waals surface area contributed by atoms with Crippen LogP contribution in [0.4, 0.5) is 11.4 Å². The summed E-state index contributed by atoms with van der Waals surface area (Å²) in [5.74, 6) is 0. The number of benzene rings is 2. The minimum Gasteiger partial charge on any atom is -0.378 e. The smallest absolute Gasteiger partial charge is 0.0642 e. The van der Waals surface area contributed by atoms with Gasteiger partial charge in [-0.05, 0) is 42.3 Å². The normalized spacial score (nSPS) is 15.2. The number of nitrogens with one attached hydrogen (secondary N) is 1. The van der Waals surface area contributed by atoms with E-state index >= 15 is 0 Å². The van der Waals surface area contributed by atoms with Gasteiger partial charge >= 0.3 is 0 Å². The molecule has 3 rings (SSSR count). The van der Waals surface area contributed by atoms with Crippen molar-refractivity contribution >= 4 is 17.6 Å². The Morgan fingerprint density at radius 1 is 1.09 bits per heavy atom. The van der Waals surface area contributed by atoms with Crippen molar-refractivity contribution in [3.05, 3.63) is 59.7 Å². The second-order valence-corrected chi connectivity index (χ2v) is 5.43. The SMILES string of the molecule is Cc1cccc(N/N=C/c2ccc(N3CCOCC3)cc2)c1. The number of hydrogen-bond acceptors (Lipinski definition) is 4. The van der Waals surface area contributed by atoms with Gasteiger partial charge in [-0.2, -0.15) is 5.10 Å². The fraction of sp³-hybridized carbons (Fsp3) is 0.278. The van der Waals surface area contributed by atoms with Crippen molar-refractivity contribution in [1.82, 2.24) is 0 Å². The third-order valence-electron chi connectivity index (χ3n) is 3.69. The number of ether oxygens (including phenoxy) is 1. The number of anilines is 2. The van der Waals surface area contributed by atoms with E-state index in [0.717, 1.165) is 37.6 Å². The van der Waals surface area contributed by atoms with Crippen LogP contribution >= 0.6 is 0 Å². The van der Waals surface area contributed by atoms with Crippen molar-refractivity contribution in [3.63, 3.8) is 0 Å². The molecule has 2 aromatic rings. The molecule has 0 atom stereocenters. The van der Waals surface area contributed by atoms with Gasteiger partial charge in [-0.25, -0.2) is 0 Å². The Hall–Kier alpha value is -2.33. The molecule has 4 nitrogen and oxygen atoms in total. The van der Waals surface area contributed by atoms with Crippen LogP contribution < -0.4 is 10.3 Å². The molecule has 1 fully saturated rings. The average molecular weight is 295 g/mol. The summed E-state index contributed by atoms with van der Waals surface area (Å²) in [6.45, 7) is 5.61. The predicted octanol–water partition coefficient (Wildman–Crippen LogP) is 3.28. The summed E-state index contributed by atoms with van der Waals surface area (Å²) < 4.78 is 5.38. The van der Waals surface area contributed by atoms with Gasteiger partial charge in [0.05, 0.1) is 25.1 Å². The lowest BCUT2D eigenvalue weighted by Gasteiger charge is -2.28. The second-order valence-electron chi connectivity index (χ2n) is 5.43. The van der Waals surface area contributed by atoms with E-state index in [1.54, 1.807) is 0 Å². The predicted molar refractivity (Wildman–Crippen MR) is 91.9 cm³/mol. The van der Waals surface area contributed by atoms with Crippen molar-refractivity contribution in [2.24, 2.45) is 5.10 Å². The summed E-state index contributed by atoms with van der Waals surface area (Å²) >= 11 is 0. The van der Waals surface area contributed by atoms with Crippen LogP contribution in [0.15, 0.2) is 53.6 Å². The third kappa shape index (κ3) is 3.86. The van der Waals surface area contributed by atoms with Crippen molar-refractivity contribution < 1.29 is 4.74 Å². The quantitative estimate of drug-likeness (QED) is 0.695. The summed E-state index contributed by atoms with van der Waals surface area (Å²) in [4.78, 5) is 2.34. The van der Waals surface area contributed by atoms with Gasteiger partial charge < -0.3 is 9.64 Å². The first-order valence-corrected chi connectivity index (χ1v) is 7.60. The van der Waals surface area contributed by atoms with E-state index in [2.05, 4.69) is 58.7 Å². The monoisotopic (exact) mass is 295 g/mol. The lowest BCUT2D eigenvalue weighted by atomic mass is 10.2. The molecule has 0 saturated carbocycles. The first-order valence-electron chi connectivity index (χ1n) is 7.60. The Kier molecular flexibility index (Phi) is 4.71. The Morgan fingerprint density at radius 3 is 2.59 bits per heavy atom. The van der Waals surface area contributed by atoms with Crippen molar-refractivity contribution in [3.8, 4) is 0 Å². The number of morpholine rings is 1. The van der Waals surface area contributed by atoms with Gasteiger partial charge in [0.2, 0.25) is 0 Å². The van der Waals surface area contributed by atoms with Gasteiger partial charge in [0.1, 0.15) is 0 Å². The Balaban J connectivity index is 1.59. The highest BCUT2D eigenvalue weighted by atomic mass is 16.5. The maximum atomic E-state index is 5.38. The fourth-order valence-electron chi connectivity index (χ4n) is 2.49. The number of nitrogens with zero attached hydrogens (tertiary/aromatic N) is 2. The molecule has 1 saturated heterocycles. The minimum atomic E-state index is 0.809. The maximum absolute atomic E-state index is 5.38. The highest BCUT2D eigenvalue weighted by molar-refractivity contribution is 5.81. The highest BCUT2D eigenvalue weighted by Gasteiger charge is 2.10. The second kappa shape index (κ2) is 7.09. The van der Waals surface area contributed by atoms with Crippen molar-refractivity contribution in [2.75, 3.05) is 36.6 Å². The van der Waals surface area contributed by atoms with Crippen LogP contribution in [0.1, 0.15) is 11.1 Å². The van der Waals surface area contributed by atoms with Gasteiger partial charge in [0.15, 0.2) is 0 Å². The van der Waals surface area contributed by atoms with Crippen LogP contribution in [0.2, 0.25) is 0 Å². The lowest BCUT2D eigenvalue weighted by Crippen LogP contribution is -2.36. The fourth-order valence-corrected chi connectivity index (χ4v) is 2.49. The summed E-state index contributed by atoms with van der Waals surface area (Å²) in [7, 11) is 0. The third-order valence-corrected chi connectivity index (χ3v) is 3.69. The van der Waals surface area contributed by atoms with Gasteiger partial charge in [-0.1, -0.05) is 24.3 Å². The average Bonchev–Trinajstić information content (AvgIpc) is 2.56. The Bertz CT molecular complexity index is 631. The Morgan fingerprint density at radius 2 is 1.86 bits per heavy atom. The zero-order chi connectivity index (χ0) is 15.2. The number of hydrazone groups is 1. The van der Waals surface area contributed by atoms with Crippen molar-refractivity contribution in [2.45, 2.75) is 6.92 Å². The molecule has 4 heteroatoms. The molecule has 0 aromatic heterocycles. The zero-order valence-corrected chi connectivity index (χ0v) is 12.8. The molecule has 1 aliphatic rings. The van der Waals surface area contributed by atoms with E-state index in [1.807, 2.05) is 18.3 Å². The lowest BCUT2D eigenvalue weighted by molar-refractivity contribution is 0.122. The number of hydrogen-bond donors (Lipinski definition) is 1. The minimum absolute atomic E-state index is 0.809. The van der Waals surface area contributed by atoms with E-state index in [4.69, 9.17) is 4.74 Å². The van der Waals surface area contributed by atoms with Gasteiger partial charge in [-0.3, -0.25) is 5.43 Å². The summed E-state index contributed by atoms with van der Waals surface area (Å²) in [6.07, 6.45) is 1.84. The van der Waals surface area contributed by atoms with E-state index in [0.29, 0.717) is 0 Å². The van der Waals surface area contributed by atoms with Crippen LogP contribution in [-0.4, -0.2) is 32.5 Å². The van der Waals surface area contributed by atoms with Crippen LogP contribution in [-0.2, 0) is 4.74 Å². The highest BCUT2D eigenvalue weighted by Crippen LogP contribution is 2.16. The van der Waals surface area contributed by atoms with Crippen LogP contribution in [0.3, 0.4) is 0 Å². The summed E-state index contributed by atoms with van der Waals surface area (Å²) in [5, 5.41) is 4.29. The van der Waals surface area contributed by atoms with Crippen LogP contribution in [0.25, 0.3) is 0 Å². The van der Waals surface area contributed by atoms with Gasteiger partial charge in [0.25, 0.3) is 0 Å². The molecule has 0 amide bonds. The molecule has 22 heavy (non-hydrogen) atoms. The molecule has 0 aliphatic carbocycles. The topological polar surface area (TPSA) is 36.9 Å². The van der Waals surface area contributed by atoms with E-state index < -0.39 is 0 Å². The van der Waals surface area contributed by atoms with Gasteiger partial charge in [0, 0.05) is 18.8 Å². The number of aryl methyl sites for hydroxylation is 1. The molecular formula is C18H21N3O. The van der Waals surface area contributed by atoms with E-state index in [1.165, 1.54) is 11.3 Å². The molecule has 0 bridgehead atoms. The molecule has 0 radical (unpaired) electrons. The zero-order valence-electron chi connectivity index (χ0n) is 12.8. The molecule has 2 aromatic carbocycles. The van der Waals surface area contributed by atoms with E-state index in [9.17, 15) is 0 Å². The Labute approximate surface area is 131 Å². The first-order chi connectivity index (χ1) is 10.8. The summed E-state index contributed by atoms with van der Waals surface area (Å²) in [5.41, 5.74) is 7.60.